The van der Waals surface area contributed by atoms with Gasteiger partial charge in [0.05, 0.1) is 0 Å². The van der Waals surface area contributed by atoms with Crippen LogP contribution in [0.5, 0.6) is 0 Å². The fourth-order valence-corrected chi connectivity index (χ4v) is 5.72. The standard InChI is InChI=1S/C7H9Cl3Si/c8-11(9,10)7-4-5-1-2-6(7)3-5/h1-2,5-7H,3-4H2/t5-,6+,7-/m1/s1. The van der Waals surface area contributed by atoms with Gasteiger partial charge in [0.2, 0.25) is 0 Å². The number of hydrogen-bond donors (Lipinski definition) is 0. The molecule has 0 aliphatic heterocycles. The zero-order chi connectivity index (χ0) is 8.06. The minimum absolute atomic E-state index is 0.391. The lowest BCUT2D eigenvalue weighted by atomic mass is 10.1. The summed E-state index contributed by atoms with van der Waals surface area (Å²) in [6.45, 7) is 0. The molecule has 0 N–H and O–H groups in total. The molecule has 2 aliphatic rings. The lowest BCUT2D eigenvalue weighted by Crippen LogP contribution is -2.23. The van der Waals surface area contributed by atoms with E-state index in [1.165, 1.54) is 6.42 Å². The van der Waals surface area contributed by atoms with Gasteiger partial charge < -0.3 is 0 Å². The quantitative estimate of drug-likeness (QED) is 0.365. The van der Waals surface area contributed by atoms with Gasteiger partial charge >= 0.3 is 6.00 Å². The molecule has 0 amide bonds. The monoisotopic (exact) mass is 226 g/mol. The van der Waals surface area contributed by atoms with Gasteiger partial charge in [-0.25, -0.2) is 0 Å². The van der Waals surface area contributed by atoms with Gasteiger partial charge in [-0.1, -0.05) is 12.2 Å². The number of rotatable bonds is 1. The van der Waals surface area contributed by atoms with Gasteiger partial charge in [0.1, 0.15) is 0 Å². The first-order chi connectivity index (χ1) is 5.07. The molecular weight excluding hydrogens is 219 g/mol. The summed E-state index contributed by atoms with van der Waals surface area (Å²) in [6.07, 6.45) is 6.84. The van der Waals surface area contributed by atoms with Crippen molar-refractivity contribution in [2.75, 3.05) is 0 Å². The molecule has 1 saturated carbocycles. The van der Waals surface area contributed by atoms with Gasteiger partial charge in [-0.05, 0) is 24.7 Å². The molecule has 62 valence electrons. The molecule has 1 fully saturated rings. The fraction of sp³-hybridized carbons (Fsp3) is 0.714. The summed E-state index contributed by atoms with van der Waals surface area (Å²) < 4.78 is 0. The maximum absolute atomic E-state index is 5.97. The largest absolute Gasteiger partial charge is 0.344 e. The molecular formula is C7H9Cl3Si. The van der Waals surface area contributed by atoms with Gasteiger partial charge in [-0.15, -0.1) is 33.2 Å². The first-order valence-electron chi connectivity index (χ1n) is 3.82. The molecule has 0 unspecified atom stereocenters. The van der Waals surface area contributed by atoms with Gasteiger partial charge in [0.25, 0.3) is 0 Å². The van der Waals surface area contributed by atoms with Crippen LogP contribution in [0.1, 0.15) is 12.8 Å². The highest BCUT2D eigenvalue weighted by atomic mass is 35.8. The molecule has 2 rings (SSSR count). The molecule has 0 aromatic heterocycles. The molecule has 2 bridgehead atoms. The van der Waals surface area contributed by atoms with Crippen LogP contribution >= 0.6 is 33.2 Å². The predicted octanol–water partition coefficient (Wildman–Crippen LogP) is 3.61. The molecule has 3 atom stereocenters. The Balaban J connectivity index is 2.15. The lowest BCUT2D eigenvalue weighted by Gasteiger charge is -2.22. The first kappa shape index (κ1) is 8.43. The van der Waals surface area contributed by atoms with Crippen LogP contribution in [0.2, 0.25) is 5.54 Å². The molecule has 0 heterocycles. The molecule has 0 nitrogen and oxygen atoms in total. The van der Waals surface area contributed by atoms with Crippen molar-refractivity contribution >= 4 is 39.2 Å². The van der Waals surface area contributed by atoms with Crippen molar-refractivity contribution in [3.05, 3.63) is 12.2 Å². The second kappa shape index (κ2) is 2.66. The summed E-state index contributed by atoms with van der Waals surface area (Å²) in [5.41, 5.74) is 0.391. The third kappa shape index (κ3) is 1.49. The number of hydrogen-bond acceptors (Lipinski definition) is 0. The van der Waals surface area contributed by atoms with Crippen LogP contribution in [-0.4, -0.2) is 6.00 Å². The van der Waals surface area contributed by atoms with E-state index in [1.807, 2.05) is 0 Å². The Morgan fingerprint density at radius 2 is 1.82 bits per heavy atom. The van der Waals surface area contributed by atoms with E-state index in [4.69, 9.17) is 33.2 Å². The molecule has 11 heavy (non-hydrogen) atoms. The zero-order valence-corrected chi connectivity index (χ0v) is 9.20. The second-order valence-electron chi connectivity index (χ2n) is 3.43. The van der Waals surface area contributed by atoms with Gasteiger partial charge in [-0.2, -0.15) is 0 Å². The minimum Gasteiger partial charge on any atom is -0.126 e. The van der Waals surface area contributed by atoms with Crippen LogP contribution in [0.15, 0.2) is 12.2 Å². The number of fused-ring (bicyclic) bond motifs is 2. The van der Waals surface area contributed by atoms with Crippen LogP contribution in [0.4, 0.5) is 0 Å². The van der Waals surface area contributed by atoms with E-state index < -0.39 is 6.00 Å². The van der Waals surface area contributed by atoms with E-state index >= 15 is 0 Å². The molecule has 2 aliphatic carbocycles. The van der Waals surface area contributed by atoms with Crippen LogP contribution in [0.3, 0.4) is 0 Å². The van der Waals surface area contributed by atoms with Crippen molar-refractivity contribution in [3.63, 3.8) is 0 Å². The maximum atomic E-state index is 5.97. The van der Waals surface area contributed by atoms with Crippen molar-refractivity contribution in [1.29, 1.82) is 0 Å². The van der Waals surface area contributed by atoms with E-state index in [9.17, 15) is 0 Å². The van der Waals surface area contributed by atoms with E-state index in [1.54, 1.807) is 0 Å². The molecule has 0 saturated heterocycles. The summed E-state index contributed by atoms with van der Waals surface area (Å²) in [7, 11) is 0. The molecule has 0 radical (unpaired) electrons. The van der Waals surface area contributed by atoms with E-state index in [0.29, 0.717) is 17.4 Å². The van der Waals surface area contributed by atoms with Crippen LogP contribution < -0.4 is 0 Å². The lowest BCUT2D eigenvalue weighted by molar-refractivity contribution is 0.689. The zero-order valence-electron chi connectivity index (χ0n) is 5.93. The third-order valence-electron chi connectivity index (χ3n) is 2.70. The van der Waals surface area contributed by atoms with E-state index in [2.05, 4.69) is 12.2 Å². The first-order valence-corrected chi connectivity index (χ1v) is 8.93. The Hall–Kier alpha value is 0.827. The van der Waals surface area contributed by atoms with Crippen molar-refractivity contribution in [3.8, 4) is 0 Å². The van der Waals surface area contributed by atoms with Gasteiger partial charge in [0, 0.05) is 5.54 Å². The number of halogens is 3. The summed E-state index contributed by atoms with van der Waals surface area (Å²) in [5.74, 6) is 1.30. The Bertz CT molecular complexity index is 196. The molecule has 4 heteroatoms. The Kier molecular flexibility index (Phi) is 2.04. The van der Waals surface area contributed by atoms with E-state index in [0.717, 1.165) is 6.42 Å². The van der Waals surface area contributed by atoms with Crippen LogP contribution in [0.25, 0.3) is 0 Å². The van der Waals surface area contributed by atoms with Gasteiger partial charge in [-0.3, -0.25) is 0 Å². The average Bonchev–Trinajstić information content (AvgIpc) is 2.42. The van der Waals surface area contributed by atoms with Crippen molar-refractivity contribution in [2.45, 2.75) is 18.4 Å². The molecule has 0 aromatic rings. The Labute approximate surface area is 81.6 Å². The highest BCUT2D eigenvalue weighted by Gasteiger charge is 2.48. The number of allylic oxidation sites excluding steroid dienone is 2. The van der Waals surface area contributed by atoms with E-state index in [-0.39, 0.29) is 0 Å². The van der Waals surface area contributed by atoms with Gasteiger partial charge in [0.15, 0.2) is 0 Å². The molecule has 0 spiro atoms. The average molecular weight is 228 g/mol. The van der Waals surface area contributed by atoms with Crippen LogP contribution in [0, 0.1) is 11.8 Å². The van der Waals surface area contributed by atoms with Crippen LogP contribution in [-0.2, 0) is 0 Å². The predicted molar refractivity (Wildman–Crippen MR) is 52.4 cm³/mol. The van der Waals surface area contributed by atoms with Crippen molar-refractivity contribution in [1.82, 2.24) is 0 Å². The normalized spacial score (nSPS) is 41.9. The van der Waals surface area contributed by atoms with Crippen molar-refractivity contribution in [2.24, 2.45) is 11.8 Å². The second-order valence-corrected chi connectivity index (χ2v) is 12.4. The highest BCUT2D eigenvalue weighted by molar-refractivity contribution is 7.65. The Morgan fingerprint density at radius 3 is 2.09 bits per heavy atom. The third-order valence-corrected chi connectivity index (χ3v) is 6.73. The summed E-state index contributed by atoms with van der Waals surface area (Å²) in [4.78, 5) is 0. The maximum Gasteiger partial charge on any atom is 0.344 e. The summed E-state index contributed by atoms with van der Waals surface area (Å²) in [6, 6.07) is -2.41. The van der Waals surface area contributed by atoms with Crippen molar-refractivity contribution < 1.29 is 0 Å². The SMILES string of the molecule is Cl[Si](Cl)(Cl)[C@@H]1C[C@@H]2C=C[C@H]1C2. The fourth-order valence-electron chi connectivity index (χ4n) is 2.16. The topological polar surface area (TPSA) is 0 Å². The highest BCUT2D eigenvalue weighted by Crippen LogP contribution is 2.55. The minimum atomic E-state index is -2.41. The smallest absolute Gasteiger partial charge is 0.126 e. The Morgan fingerprint density at radius 1 is 1.09 bits per heavy atom. The summed E-state index contributed by atoms with van der Waals surface area (Å²) >= 11 is 17.9. The molecule has 0 aromatic carbocycles. The summed E-state index contributed by atoms with van der Waals surface area (Å²) in [5, 5.41) is 0.